The van der Waals surface area contributed by atoms with Gasteiger partial charge in [-0.15, -0.1) is 0 Å². The van der Waals surface area contributed by atoms with Crippen LogP contribution in [0.25, 0.3) is 4.85 Å². The number of unbranched alkanes of at least 4 members (excludes halogenated alkanes) is 3. The first-order chi connectivity index (χ1) is 5.12. The maximum atomic E-state index is 6.79. The molecule has 0 amide bonds. The Bertz CT molecular complexity index is 133. The molecule has 0 fully saturated rings. The Labute approximate surface area is 69.6 Å². The minimum Gasteiger partial charge on any atom is -0.293 e. The average Bonchev–Trinajstić information content (AvgIpc) is 1.99. The van der Waals surface area contributed by atoms with E-state index in [-0.39, 0.29) is 0 Å². The Balaban J connectivity index is 3.32. The molecular formula is C9H18N2. The molecule has 1 unspecified atom stereocenters. The molecular weight excluding hydrogens is 136 g/mol. The van der Waals surface area contributed by atoms with Gasteiger partial charge in [-0.3, -0.25) is 10.6 Å². The van der Waals surface area contributed by atoms with Crippen LogP contribution >= 0.6 is 0 Å². The van der Waals surface area contributed by atoms with E-state index in [1.807, 2.05) is 0 Å². The summed E-state index contributed by atoms with van der Waals surface area (Å²) in [6.45, 7) is 10.8. The molecule has 1 atom stereocenters. The van der Waals surface area contributed by atoms with Gasteiger partial charge in [0.15, 0.2) is 0 Å². The van der Waals surface area contributed by atoms with Crippen molar-refractivity contribution in [3.05, 3.63) is 11.4 Å². The fourth-order valence-electron chi connectivity index (χ4n) is 0.966. The van der Waals surface area contributed by atoms with Crippen molar-refractivity contribution in [2.24, 2.45) is 5.73 Å². The highest BCUT2D eigenvalue weighted by Crippen LogP contribution is 2.13. The van der Waals surface area contributed by atoms with Gasteiger partial charge in [-0.05, 0) is 6.42 Å². The van der Waals surface area contributed by atoms with Gasteiger partial charge in [0.1, 0.15) is 0 Å². The van der Waals surface area contributed by atoms with Crippen molar-refractivity contribution in [1.82, 2.24) is 0 Å². The topological polar surface area (TPSA) is 30.4 Å². The predicted octanol–water partition coefficient (Wildman–Crippen LogP) is 2.55. The minimum atomic E-state index is -0.617. The summed E-state index contributed by atoms with van der Waals surface area (Å²) in [6, 6.07) is 0. The zero-order valence-electron chi connectivity index (χ0n) is 7.56. The second-order valence-electron chi connectivity index (χ2n) is 3.28. The van der Waals surface area contributed by atoms with Crippen LogP contribution in [0.15, 0.2) is 0 Å². The molecule has 0 aromatic heterocycles. The molecule has 0 heterocycles. The minimum absolute atomic E-state index is 0.617. The maximum absolute atomic E-state index is 6.79. The van der Waals surface area contributed by atoms with Gasteiger partial charge in [-0.2, -0.15) is 0 Å². The molecule has 0 aromatic rings. The lowest BCUT2D eigenvalue weighted by molar-refractivity contribution is 0.486. The molecule has 11 heavy (non-hydrogen) atoms. The zero-order valence-corrected chi connectivity index (χ0v) is 7.56. The molecule has 0 aromatic carbocycles. The van der Waals surface area contributed by atoms with Crippen molar-refractivity contribution in [3.63, 3.8) is 0 Å². The SMILES string of the molecule is [C-]#[N+]C(C)(N)CCCCCC. The highest BCUT2D eigenvalue weighted by Gasteiger charge is 2.21. The zero-order chi connectivity index (χ0) is 8.74. The first kappa shape index (κ1) is 10.4. The fourth-order valence-corrected chi connectivity index (χ4v) is 0.966. The Kier molecular flexibility index (Phi) is 4.89. The third-order valence-corrected chi connectivity index (χ3v) is 1.79. The molecule has 0 aliphatic heterocycles. The van der Waals surface area contributed by atoms with Crippen molar-refractivity contribution in [2.75, 3.05) is 0 Å². The number of nitrogens with two attached hydrogens (primary N) is 1. The Morgan fingerprint density at radius 2 is 2.00 bits per heavy atom. The van der Waals surface area contributed by atoms with E-state index in [0.29, 0.717) is 0 Å². The first-order valence-electron chi connectivity index (χ1n) is 4.30. The summed E-state index contributed by atoms with van der Waals surface area (Å²) in [5.41, 5.74) is 5.03. The van der Waals surface area contributed by atoms with Gasteiger partial charge in [-0.25, -0.2) is 6.57 Å². The van der Waals surface area contributed by atoms with Crippen LogP contribution in [0.3, 0.4) is 0 Å². The quantitative estimate of drug-likeness (QED) is 0.478. The normalized spacial score (nSPS) is 15.5. The fraction of sp³-hybridized carbons (Fsp3) is 0.889. The second kappa shape index (κ2) is 5.15. The van der Waals surface area contributed by atoms with Crippen molar-refractivity contribution < 1.29 is 0 Å². The molecule has 0 spiro atoms. The van der Waals surface area contributed by atoms with Crippen LogP contribution in [0, 0.1) is 6.57 Å². The molecule has 0 saturated carbocycles. The van der Waals surface area contributed by atoms with Crippen molar-refractivity contribution in [2.45, 2.75) is 51.6 Å². The predicted molar refractivity (Wildman–Crippen MR) is 48.0 cm³/mol. The summed E-state index contributed by atoms with van der Waals surface area (Å²) >= 11 is 0. The van der Waals surface area contributed by atoms with Gasteiger partial charge in [0.2, 0.25) is 0 Å². The van der Waals surface area contributed by atoms with E-state index in [2.05, 4.69) is 11.8 Å². The molecule has 0 aliphatic carbocycles. The standard InChI is InChI=1S/C9H18N2/c1-4-5-6-7-8-9(2,10)11-3/h4-8,10H2,1-2H3. The monoisotopic (exact) mass is 154 g/mol. The maximum Gasteiger partial charge on any atom is 0.280 e. The van der Waals surface area contributed by atoms with Gasteiger partial charge in [0, 0.05) is 13.3 Å². The van der Waals surface area contributed by atoms with Crippen LogP contribution < -0.4 is 5.73 Å². The van der Waals surface area contributed by atoms with Crippen LogP contribution in [0.2, 0.25) is 0 Å². The molecule has 0 radical (unpaired) electrons. The summed E-state index contributed by atoms with van der Waals surface area (Å²) in [7, 11) is 0. The van der Waals surface area contributed by atoms with Gasteiger partial charge in [-0.1, -0.05) is 26.2 Å². The average molecular weight is 154 g/mol. The lowest BCUT2D eigenvalue weighted by Crippen LogP contribution is -2.31. The Morgan fingerprint density at radius 3 is 2.45 bits per heavy atom. The second-order valence-corrected chi connectivity index (χ2v) is 3.28. The molecule has 2 heteroatoms. The van der Waals surface area contributed by atoms with Crippen LogP contribution in [0.4, 0.5) is 0 Å². The molecule has 0 rings (SSSR count). The summed E-state index contributed by atoms with van der Waals surface area (Å²) in [4.78, 5) is 3.35. The van der Waals surface area contributed by atoms with E-state index in [1.54, 1.807) is 6.92 Å². The van der Waals surface area contributed by atoms with Crippen molar-refractivity contribution >= 4 is 0 Å². The molecule has 0 saturated heterocycles. The van der Waals surface area contributed by atoms with Crippen LogP contribution in [0.1, 0.15) is 46.0 Å². The van der Waals surface area contributed by atoms with E-state index in [4.69, 9.17) is 12.3 Å². The first-order valence-corrected chi connectivity index (χ1v) is 4.30. The number of hydrogen-bond donors (Lipinski definition) is 1. The largest absolute Gasteiger partial charge is 0.293 e. The Hall–Kier alpha value is -0.550. The molecule has 2 nitrogen and oxygen atoms in total. The van der Waals surface area contributed by atoms with E-state index < -0.39 is 5.66 Å². The lowest BCUT2D eigenvalue weighted by atomic mass is 10.0. The number of nitrogens with zero attached hydrogens (tertiary/aromatic N) is 1. The highest BCUT2D eigenvalue weighted by atomic mass is 15.0. The molecule has 0 bridgehead atoms. The van der Waals surface area contributed by atoms with Crippen LogP contribution in [0.5, 0.6) is 0 Å². The van der Waals surface area contributed by atoms with E-state index in [1.165, 1.54) is 19.3 Å². The molecule has 0 aliphatic rings. The number of hydrogen-bond acceptors (Lipinski definition) is 1. The molecule has 64 valence electrons. The third kappa shape index (κ3) is 5.87. The van der Waals surface area contributed by atoms with Gasteiger partial charge < -0.3 is 0 Å². The van der Waals surface area contributed by atoms with E-state index in [0.717, 1.165) is 12.8 Å². The van der Waals surface area contributed by atoms with Gasteiger partial charge in [0.25, 0.3) is 5.66 Å². The smallest absolute Gasteiger partial charge is 0.280 e. The van der Waals surface area contributed by atoms with Gasteiger partial charge in [0.05, 0.1) is 0 Å². The van der Waals surface area contributed by atoms with E-state index >= 15 is 0 Å². The highest BCUT2D eigenvalue weighted by molar-refractivity contribution is 4.87. The van der Waals surface area contributed by atoms with Gasteiger partial charge >= 0.3 is 0 Å². The van der Waals surface area contributed by atoms with Crippen molar-refractivity contribution in [1.29, 1.82) is 0 Å². The number of rotatable bonds is 5. The lowest BCUT2D eigenvalue weighted by Gasteiger charge is -2.09. The molecule has 2 N–H and O–H groups in total. The third-order valence-electron chi connectivity index (χ3n) is 1.79. The van der Waals surface area contributed by atoms with Crippen molar-refractivity contribution in [3.8, 4) is 0 Å². The summed E-state index contributed by atoms with van der Waals surface area (Å²) in [6.07, 6.45) is 5.62. The van der Waals surface area contributed by atoms with Crippen LogP contribution in [-0.4, -0.2) is 5.66 Å². The summed E-state index contributed by atoms with van der Waals surface area (Å²) in [5.74, 6) is 0. The Morgan fingerprint density at radius 1 is 1.36 bits per heavy atom. The summed E-state index contributed by atoms with van der Waals surface area (Å²) in [5, 5.41) is 0. The van der Waals surface area contributed by atoms with E-state index in [9.17, 15) is 0 Å². The summed E-state index contributed by atoms with van der Waals surface area (Å²) < 4.78 is 0. The van der Waals surface area contributed by atoms with Crippen LogP contribution in [-0.2, 0) is 0 Å².